The predicted octanol–water partition coefficient (Wildman–Crippen LogP) is 2.89. The number of hydrogen-bond acceptors (Lipinski definition) is 4. The first kappa shape index (κ1) is 18.3. The molecule has 0 unspecified atom stereocenters. The van der Waals surface area contributed by atoms with Crippen molar-refractivity contribution in [1.29, 1.82) is 0 Å². The highest BCUT2D eigenvalue weighted by atomic mass is 32.2. The molecule has 23 heavy (non-hydrogen) atoms. The molecule has 2 heterocycles. The normalized spacial score (nSPS) is 20.3. The molecule has 1 aliphatic heterocycles. The highest BCUT2D eigenvalue weighted by Gasteiger charge is 2.25. The SMILES string of the molecule is CSC[C@H](C)C(=O)N1CCC[C@@H](N(C)Cc2ccccn2)CC1. The Kier molecular flexibility index (Phi) is 7.37. The Bertz CT molecular complexity index is 482. The van der Waals surface area contributed by atoms with Gasteiger partial charge in [-0.2, -0.15) is 11.8 Å². The third kappa shape index (κ3) is 5.50. The van der Waals surface area contributed by atoms with E-state index in [0.29, 0.717) is 11.9 Å². The van der Waals surface area contributed by atoms with Crippen LogP contribution >= 0.6 is 11.8 Å². The number of thioether (sulfide) groups is 1. The fraction of sp³-hybridized carbons (Fsp3) is 0.667. The van der Waals surface area contributed by atoms with E-state index in [1.54, 1.807) is 11.8 Å². The molecule has 1 fully saturated rings. The molecule has 5 heteroatoms. The van der Waals surface area contributed by atoms with Gasteiger partial charge in [0.15, 0.2) is 0 Å². The van der Waals surface area contributed by atoms with Crippen molar-refractivity contribution in [2.24, 2.45) is 5.92 Å². The van der Waals surface area contributed by atoms with Crippen LogP contribution in [0.4, 0.5) is 0 Å². The van der Waals surface area contributed by atoms with Crippen LogP contribution in [0.3, 0.4) is 0 Å². The van der Waals surface area contributed by atoms with Crippen LogP contribution in [0.2, 0.25) is 0 Å². The predicted molar refractivity (Wildman–Crippen MR) is 97.5 cm³/mol. The van der Waals surface area contributed by atoms with Gasteiger partial charge < -0.3 is 4.90 Å². The minimum Gasteiger partial charge on any atom is -0.342 e. The summed E-state index contributed by atoms with van der Waals surface area (Å²) in [5, 5.41) is 0. The third-order valence-electron chi connectivity index (χ3n) is 4.61. The first-order valence-corrected chi connectivity index (χ1v) is 9.89. The standard InChI is InChI=1S/C18H29N3OS/c1-15(14-23-3)18(22)21-11-6-8-17(9-12-21)20(2)13-16-7-4-5-10-19-16/h4-5,7,10,15,17H,6,8-9,11-14H2,1-3H3/t15-,17+/m0/s1. The van der Waals surface area contributed by atoms with E-state index in [1.165, 1.54) is 0 Å². The second-order valence-corrected chi connectivity index (χ2v) is 7.41. The second-order valence-electron chi connectivity index (χ2n) is 6.50. The van der Waals surface area contributed by atoms with Gasteiger partial charge in [-0.15, -0.1) is 0 Å². The van der Waals surface area contributed by atoms with E-state index in [9.17, 15) is 4.79 Å². The number of rotatable bonds is 6. The summed E-state index contributed by atoms with van der Waals surface area (Å²) in [5.41, 5.74) is 1.11. The summed E-state index contributed by atoms with van der Waals surface area (Å²) in [6, 6.07) is 6.60. The largest absolute Gasteiger partial charge is 0.342 e. The molecule has 2 rings (SSSR count). The van der Waals surface area contributed by atoms with Gasteiger partial charge in [-0.25, -0.2) is 0 Å². The molecule has 1 aliphatic rings. The van der Waals surface area contributed by atoms with Crippen molar-refractivity contribution in [3.05, 3.63) is 30.1 Å². The van der Waals surface area contributed by atoms with Gasteiger partial charge in [-0.1, -0.05) is 13.0 Å². The maximum atomic E-state index is 12.5. The van der Waals surface area contributed by atoms with Crippen LogP contribution in [0.25, 0.3) is 0 Å². The van der Waals surface area contributed by atoms with Gasteiger partial charge in [-0.05, 0) is 44.7 Å². The van der Waals surface area contributed by atoms with Gasteiger partial charge in [-0.3, -0.25) is 14.7 Å². The van der Waals surface area contributed by atoms with Crippen molar-refractivity contribution in [2.75, 3.05) is 32.1 Å². The molecule has 1 saturated heterocycles. The van der Waals surface area contributed by atoms with E-state index in [2.05, 4.69) is 41.1 Å². The lowest BCUT2D eigenvalue weighted by molar-refractivity contribution is -0.134. The summed E-state index contributed by atoms with van der Waals surface area (Å²) in [7, 11) is 2.17. The molecular weight excluding hydrogens is 306 g/mol. The summed E-state index contributed by atoms with van der Waals surface area (Å²) in [6.07, 6.45) is 7.22. The van der Waals surface area contributed by atoms with Crippen molar-refractivity contribution in [3.63, 3.8) is 0 Å². The lowest BCUT2D eigenvalue weighted by Crippen LogP contribution is -2.38. The van der Waals surface area contributed by atoms with Crippen LogP contribution in [0.1, 0.15) is 31.9 Å². The van der Waals surface area contributed by atoms with E-state index in [1.807, 2.05) is 18.3 Å². The number of hydrogen-bond donors (Lipinski definition) is 0. The van der Waals surface area contributed by atoms with Crippen LogP contribution in [0.5, 0.6) is 0 Å². The van der Waals surface area contributed by atoms with Crippen LogP contribution < -0.4 is 0 Å². The number of carbonyl (C=O) groups excluding carboxylic acids is 1. The Morgan fingerprint density at radius 1 is 1.43 bits per heavy atom. The van der Waals surface area contributed by atoms with Crippen LogP contribution in [-0.4, -0.2) is 58.9 Å². The number of carbonyl (C=O) groups is 1. The first-order valence-electron chi connectivity index (χ1n) is 8.49. The van der Waals surface area contributed by atoms with Gasteiger partial charge in [0, 0.05) is 43.5 Å². The minimum absolute atomic E-state index is 0.132. The molecule has 0 aromatic carbocycles. The lowest BCUT2D eigenvalue weighted by atomic mass is 10.1. The van der Waals surface area contributed by atoms with E-state index in [4.69, 9.17) is 0 Å². The zero-order valence-corrected chi connectivity index (χ0v) is 15.4. The average molecular weight is 336 g/mol. The van der Waals surface area contributed by atoms with Crippen molar-refractivity contribution in [1.82, 2.24) is 14.8 Å². The number of pyridine rings is 1. The fourth-order valence-corrected chi connectivity index (χ4v) is 3.89. The summed E-state index contributed by atoms with van der Waals surface area (Å²) < 4.78 is 0. The highest BCUT2D eigenvalue weighted by Crippen LogP contribution is 2.19. The quantitative estimate of drug-likeness (QED) is 0.801. The van der Waals surface area contributed by atoms with Gasteiger partial charge in [0.1, 0.15) is 0 Å². The van der Waals surface area contributed by atoms with Crippen molar-refractivity contribution in [2.45, 2.75) is 38.8 Å². The molecule has 1 amide bonds. The maximum Gasteiger partial charge on any atom is 0.226 e. The molecule has 1 aromatic rings. The number of aromatic nitrogens is 1. The summed E-state index contributed by atoms with van der Waals surface area (Å²) in [4.78, 5) is 21.4. The van der Waals surface area contributed by atoms with E-state index in [-0.39, 0.29) is 5.92 Å². The number of nitrogens with zero attached hydrogens (tertiary/aromatic N) is 3. The van der Waals surface area contributed by atoms with Crippen LogP contribution in [0.15, 0.2) is 24.4 Å². The summed E-state index contributed by atoms with van der Waals surface area (Å²) in [5.74, 6) is 1.37. The van der Waals surface area contributed by atoms with E-state index >= 15 is 0 Å². The molecule has 0 spiro atoms. The lowest BCUT2D eigenvalue weighted by Gasteiger charge is -2.27. The second kappa shape index (κ2) is 9.28. The number of amides is 1. The van der Waals surface area contributed by atoms with E-state index in [0.717, 1.165) is 50.3 Å². The topological polar surface area (TPSA) is 36.4 Å². The van der Waals surface area contributed by atoms with Gasteiger partial charge >= 0.3 is 0 Å². The van der Waals surface area contributed by atoms with Gasteiger partial charge in [0.25, 0.3) is 0 Å². The van der Waals surface area contributed by atoms with Crippen LogP contribution in [-0.2, 0) is 11.3 Å². The van der Waals surface area contributed by atoms with Crippen molar-refractivity contribution < 1.29 is 4.79 Å². The molecule has 0 aliphatic carbocycles. The van der Waals surface area contributed by atoms with E-state index < -0.39 is 0 Å². The Labute approximate surface area is 144 Å². The highest BCUT2D eigenvalue weighted by molar-refractivity contribution is 7.98. The molecular formula is C18H29N3OS. The first-order chi connectivity index (χ1) is 11.1. The molecule has 4 nitrogen and oxygen atoms in total. The summed E-state index contributed by atoms with van der Waals surface area (Å²) in [6.45, 7) is 4.72. The summed E-state index contributed by atoms with van der Waals surface area (Å²) >= 11 is 1.75. The van der Waals surface area contributed by atoms with Crippen LogP contribution in [0, 0.1) is 5.92 Å². The molecule has 128 valence electrons. The molecule has 0 bridgehead atoms. The maximum absolute atomic E-state index is 12.5. The van der Waals surface area contributed by atoms with Gasteiger partial charge in [0.05, 0.1) is 5.69 Å². The monoisotopic (exact) mass is 335 g/mol. The van der Waals surface area contributed by atoms with Crippen molar-refractivity contribution >= 4 is 17.7 Å². The smallest absolute Gasteiger partial charge is 0.226 e. The molecule has 1 aromatic heterocycles. The Balaban J connectivity index is 1.86. The minimum atomic E-state index is 0.132. The number of likely N-dealkylation sites (tertiary alicyclic amines) is 1. The fourth-order valence-electron chi connectivity index (χ4n) is 3.25. The Morgan fingerprint density at radius 3 is 2.96 bits per heavy atom. The van der Waals surface area contributed by atoms with Gasteiger partial charge in [0.2, 0.25) is 5.91 Å². The Hall–Kier alpha value is -1.07. The van der Waals surface area contributed by atoms with Crippen molar-refractivity contribution in [3.8, 4) is 0 Å². The molecule has 2 atom stereocenters. The average Bonchev–Trinajstić information content (AvgIpc) is 2.81. The third-order valence-corrected chi connectivity index (χ3v) is 5.44. The zero-order chi connectivity index (χ0) is 16.7. The Morgan fingerprint density at radius 2 is 2.26 bits per heavy atom. The zero-order valence-electron chi connectivity index (χ0n) is 14.6. The molecule has 0 radical (unpaired) electrons. The molecule has 0 saturated carbocycles. The molecule has 0 N–H and O–H groups in total.